The molecule has 3 amide bonds. The maximum atomic E-state index is 12.2. The van der Waals surface area contributed by atoms with Crippen molar-refractivity contribution in [1.29, 1.82) is 0 Å². The van der Waals surface area contributed by atoms with Gasteiger partial charge in [-0.3, -0.25) is 10.1 Å². The van der Waals surface area contributed by atoms with Crippen molar-refractivity contribution in [3.05, 3.63) is 59.1 Å². The summed E-state index contributed by atoms with van der Waals surface area (Å²) in [7, 11) is 1.55. The zero-order valence-corrected chi connectivity index (χ0v) is 16.2. The molecule has 0 aliphatic heterocycles. The molecular formula is C19H19N5O3S. The zero-order chi connectivity index (χ0) is 19.9. The van der Waals surface area contributed by atoms with Gasteiger partial charge >= 0.3 is 6.03 Å². The van der Waals surface area contributed by atoms with Gasteiger partial charge in [-0.2, -0.15) is 0 Å². The molecule has 3 N–H and O–H groups in total. The number of hydrogen-bond donors (Lipinski definition) is 3. The lowest BCUT2D eigenvalue weighted by molar-refractivity contribution is -0.115. The van der Waals surface area contributed by atoms with Crippen LogP contribution >= 0.6 is 11.3 Å². The lowest BCUT2D eigenvalue weighted by atomic mass is 10.2. The lowest BCUT2D eigenvalue weighted by Crippen LogP contribution is -2.19. The summed E-state index contributed by atoms with van der Waals surface area (Å²) in [5.41, 5.74) is 2.32. The van der Waals surface area contributed by atoms with Gasteiger partial charge in [0.1, 0.15) is 10.8 Å². The highest BCUT2D eigenvalue weighted by Crippen LogP contribution is 2.19. The fourth-order valence-electron chi connectivity index (χ4n) is 2.38. The van der Waals surface area contributed by atoms with Crippen molar-refractivity contribution < 1.29 is 14.3 Å². The number of anilines is 3. The van der Waals surface area contributed by atoms with Crippen LogP contribution in [0, 0.1) is 6.92 Å². The number of carbonyl (C=O) groups excluding carboxylic acids is 2. The molecule has 144 valence electrons. The first-order valence-corrected chi connectivity index (χ1v) is 9.25. The minimum atomic E-state index is -0.458. The highest BCUT2D eigenvalue weighted by molar-refractivity contribution is 7.15. The van der Waals surface area contributed by atoms with Gasteiger partial charge in [0.15, 0.2) is 0 Å². The van der Waals surface area contributed by atoms with E-state index in [2.05, 4.69) is 26.1 Å². The van der Waals surface area contributed by atoms with Gasteiger partial charge in [0.05, 0.1) is 13.5 Å². The van der Waals surface area contributed by atoms with Crippen LogP contribution in [-0.4, -0.2) is 29.2 Å². The van der Waals surface area contributed by atoms with Gasteiger partial charge in [0, 0.05) is 17.4 Å². The molecule has 0 aliphatic rings. The Hall–Kier alpha value is -3.46. The Labute approximate surface area is 166 Å². The van der Waals surface area contributed by atoms with Gasteiger partial charge in [0.2, 0.25) is 11.0 Å². The number of carbonyl (C=O) groups is 2. The van der Waals surface area contributed by atoms with Crippen LogP contribution in [0.4, 0.5) is 21.3 Å². The number of ether oxygens (including phenoxy) is 1. The second-order valence-corrected chi connectivity index (χ2v) is 6.91. The molecule has 2 aromatic carbocycles. The maximum Gasteiger partial charge on any atom is 0.325 e. The van der Waals surface area contributed by atoms with E-state index in [1.54, 1.807) is 31.4 Å². The average Bonchev–Trinajstić information content (AvgIpc) is 3.10. The molecule has 3 rings (SSSR count). The van der Waals surface area contributed by atoms with E-state index in [-0.39, 0.29) is 12.3 Å². The number of benzene rings is 2. The number of amides is 3. The Morgan fingerprint density at radius 2 is 1.86 bits per heavy atom. The van der Waals surface area contributed by atoms with E-state index in [0.717, 1.165) is 22.6 Å². The van der Waals surface area contributed by atoms with Crippen LogP contribution < -0.4 is 20.7 Å². The van der Waals surface area contributed by atoms with Crippen molar-refractivity contribution in [3.8, 4) is 5.75 Å². The number of urea groups is 1. The van der Waals surface area contributed by atoms with Crippen LogP contribution in [0.2, 0.25) is 0 Å². The Kier molecular flexibility index (Phi) is 6.18. The molecule has 3 aromatic rings. The number of para-hydroxylation sites is 1. The summed E-state index contributed by atoms with van der Waals surface area (Å²) in [4.78, 5) is 24.3. The fourth-order valence-corrected chi connectivity index (χ4v) is 3.11. The van der Waals surface area contributed by atoms with Crippen molar-refractivity contribution >= 4 is 39.8 Å². The molecule has 0 fully saturated rings. The van der Waals surface area contributed by atoms with E-state index in [0.29, 0.717) is 21.6 Å². The highest BCUT2D eigenvalue weighted by atomic mass is 32.1. The Morgan fingerprint density at radius 3 is 2.64 bits per heavy atom. The number of hydrogen-bond acceptors (Lipinski definition) is 6. The summed E-state index contributed by atoms with van der Waals surface area (Å²) in [5.74, 6) is 0.438. The number of aryl methyl sites for hydroxylation is 1. The molecule has 0 bridgehead atoms. The van der Waals surface area contributed by atoms with Crippen molar-refractivity contribution in [2.75, 3.05) is 23.1 Å². The quantitative estimate of drug-likeness (QED) is 0.588. The van der Waals surface area contributed by atoms with E-state index >= 15 is 0 Å². The Morgan fingerprint density at radius 1 is 1.04 bits per heavy atom. The van der Waals surface area contributed by atoms with Crippen LogP contribution in [0.1, 0.15) is 10.6 Å². The third kappa shape index (κ3) is 5.27. The predicted octanol–water partition coefficient (Wildman–Crippen LogP) is 3.68. The summed E-state index contributed by atoms with van der Waals surface area (Å²) >= 11 is 1.14. The highest BCUT2D eigenvalue weighted by Gasteiger charge is 2.12. The van der Waals surface area contributed by atoms with Gasteiger partial charge < -0.3 is 15.4 Å². The van der Waals surface area contributed by atoms with Gasteiger partial charge in [0.25, 0.3) is 0 Å². The fraction of sp³-hybridized carbons (Fsp3) is 0.158. The second kappa shape index (κ2) is 8.96. The van der Waals surface area contributed by atoms with E-state index in [4.69, 9.17) is 4.74 Å². The van der Waals surface area contributed by atoms with E-state index < -0.39 is 6.03 Å². The standard InChI is InChI=1S/C19H19N5O3S/c1-12-6-3-4-9-15(12)21-16(25)11-17-23-24-19(28-17)22-18(26)20-13-7-5-8-14(10-13)27-2/h3-10H,11H2,1-2H3,(H,21,25)(H2,20,22,24,26). The number of rotatable bonds is 6. The third-order valence-electron chi connectivity index (χ3n) is 3.75. The normalized spacial score (nSPS) is 10.2. The van der Waals surface area contributed by atoms with Gasteiger partial charge in [-0.1, -0.05) is 35.6 Å². The monoisotopic (exact) mass is 397 g/mol. The van der Waals surface area contributed by atoms with Crippen LogP contribution in [0.3, 0.4) is 0 Å². The van der Waals surface area contributed by atoms with E-state index in [9.17, 15) is 9.59 Å². The van der Waals surface area contributed by atoms with E-state index in [1.165, 1.54) is 0 Å². The van der Waals surface area contributed by atoms with Crippen molar-refractivity contribution in [1.82, 2.24) is 10.2 Å². The van der Waals surface area contributed by atoms with Crippen LogP contribution in [-0.2, 0) is 11.2 Å². The number of methoxy groups -OCH3 is 1. The largest absolute Gasteiger partial charge is 0.497 e. The third-order valence-corrected chi connectivity index (χ3v) is 4.58. The van der Waals surface area contributed by atoms with Crippen LogP contribution in [0.25, 0.3) is 0 Å². The Balaban J connectivity index is 1.54. The first kappa shape index (κ1) is 19.3. The summed E-state index contributed by atoms with van der Waals surface area (Å²) < 4.78 is 5.12. The van der Waals surface area contributed by atoms with Crippen molar-refractivity contribution in [2.45, 2.75) is 13.3 Å². The minimum absolute atomic E-state index is 0.0746. The van der Waals surface area contributed by atoms with Crippen molar-refractivity contribution in [3.63, 3.8) is 0 Å². The first-order chi connectivity index (χ1) is 13.5. The Bertz CT molecular complexity index is 989. The molecule has 28 heavy (non-hydrogen) atoms. The molecule has 9 heteroatoms. The van der Waals surface area contributed by atoms with Gasteiger partial charge in [-0.05, 0) is 30.7 Å². The number of nitrogens with one attached hydrogen (secondary N) is 3. The van der Waals surface area contributed by atoms with Crippen molar-refractivity contribution in [2.24, 2.45) is 0 Å². The second-order valence-electron chi connectivity index (χ2n) is 5.85. The zero-order valence-electron chi connectivity index (χ0n) is 15.4. The molecule has 0 aliphatic carbocycles. The SMILES string of the molecule is COc1cccc(NC(=O)Nc2nnc(CC(=O)Nc3ccccc3C)s2)c1. The maximum absolute atomic E-state index is 12.2. The molecule has 0 unspecified atom stereocenters. The minimum Gasteiger partial charge on any atom is -0.497 e. The number of nitrogens with zero attached hydrogens (tertiary/aromatic N) is 2. The molecular weight excluding hydrogens is 378 g/mol. The molecule has 0 saturated heterocycles. The first-order valence-electron chi connectivity index (χ1n) is 8.43. The molecule has 1 heterocycles. The summed E-state index contributed by atoms with van der Waals surface area (Å²) in [6.07, 6.45) is 0.0746. The predicted molar refractivity (Wildman–Crippen MR) is 109 cm³/mol. The average molecular weight is 397 g/mol. The molecule has 1 aromatic heterocycles. The van der Waals surface area contributed by atoms with E-state index in [1.807, 2.05) is 31.2 Å². The summed E-state index contributed by atoms with van der Waals surface area (Å²) in [5, 5.41) is 16.8. The summed E-state index contributed by atoms with van der Waals surface area (Å²) in [6.45, 7) is 1.92. The van der Waals surface area contributed by atoms with Crippen LogP contribution in [0.15, 0.2) is 48.5 Å². The van der Waals surface area contributed by atoms with Crippen LogP contribution in [0.5, 0.6) is 5.75 Å². The molecule has 8 nitrogen and oxygen atoms in total. The number of aromatic nitrogens is 2. The molecule has 0 atom stereocenters. The molecule has 0 saturated carbocycles. The van der Waals surface area contributed by atoms with Gasteiger partial charge in [-0.25, -0.2) is 4.79 Å². The topological polar surface area (TPSA) is 105 Å². The van der Waals surface area contributed by atoms with Gasteiger partial charge in [-0.15, -0.1) is 10.2 Å². The molecule has 0 spiro atoms. The smallest absolute Gasteiger partial charge is 0.325 e. The molecule has 0 radical (unpaired) electrons. The lowest BCUT2D eigenvalue weighted by Gasteiger charge is -2.07. The summed E-state index contributed by atoms with van der Waals surface area (Å²) in [6, 6.07) is 14.0.